The Morgan fingerprint density at radius 3 is 2.80 bits per heavy atom. The molecule has 0 radical (unpaired) electrons. The highest BCUT2D eigenvalue weighted by atomic mass is 32.1. The fourth-order valence-electron chi connectivity index (χ4n) is 2.03. The molecule has 2 rings (SSSR count). The highest BCUT2D eigenvalue weighted by molar-refractivity contribution is 7.15. The minimum Gasteiger partial charge on any atom is -0.496 e. The largest absolute Gasteiger partial charge is 0.496 e. The maximum atomic E-state index is 10.9. The molecule has 0 saturated carbocycles. The predicted molar refractivity (Wildman–Crippen MR) is 79.4 cm³/mol. The molecule has 1 aromatic heterocycles. The lowest BCUT2D eigenvalue weighted by molar-refractivity contribution is -0.136. The van der Waals surface area contributed by atoms with Gasteiger partial charge in [-0.1, -0.05) is 25.5 Å². The van der Waals surface area contributed by atoms with Crippen LogP contribution in [-0.2, 0) is 17.6 Å². The number of aromatic nitrogens is 1. The Kier molecular flexibility index (Phi) is 4.74. The summed E-state index contributed by atoms with van der Waals surface area (Å²) in [5, 5.41) is 9.82. The number of methoxy groups -OCH3 is 1. The van der Waals surface area contributed by atoms with Gasteiger partial charge in [-0.15, -0.1) is 11.3 Å². The van der Waals surface area contributed by atoms with Gasteiger partial charge in [0, 0.05) is 4.88 Å². The highest BCUT2D eigenvalue weighted by Crippen LogP contribution is 2.34. The van der Waals surface area contributed by atoms with Crippen molar-refractivity contribution in [2.24, 2.45) is 0 Å². The Morgan fingerprint density at radius 1 is 1.40 bits per heavy atom. The van der Waals surface area contributed by atoms with Crippen molar-refractivity contribution in [3.05, 3.63) is 34.8 Å². The maximum Gasteiger partial charge on any atom is 0.308 e. The van der Waals surface area contributed by atoms with Crippen LogP contribution in [0.5, 0.6) is 5.75 Å². The molecule has 0 unspecified atom stereocenters. The van der Waals surface area contributed by atoms with Crippen molar-refractivity contribution in [2.75, 3.05) is 7.11 Å². The van der Waals surface area contributed by atoms with Crippen LogP contribution in [0, 0.1) is 0 Å². The second kappa shape index (κ2) is 6.52. The molecule has 2 aromatic rings. The first-order chi connectivity index (χ1) is 9.65. The number of nitrogens with zero attached hydrogens (tertiary/aromatic N) is 1. The SMILES string of the molecule is CCCc1nc(-c2ccccc2OC)sc1CC(=O)O. The smallest absolute Gasteiger partial charge is 0.308 e. The molecule has 4 nitrogen and oxygen atoms in total. The summed E-state index contributed by atoms with van der Waals surface area (Å²) in [6.07, 6.45) is 1.78. The van der Waals surface area contributed by atoms with Crippen molar-refractivity contribution in [3.8, 4) is 16.3 Å². The van der Waals surface area contributed by atoms with E-state index in [0.717, 1.165) is 39.7 Å². The molecule has 106 valence electrons. The molecule has 0 aliphatic rings. The molecule has 5 heteroatoms. The van der Waals surface area contributed by atoms with E-state index in [9.17, 15) is 4.79 Å². The summed E-state index contributed by atoms with van der Waals surface area (Å²) in [7, 11) is 1.62. The summed E-state index contributed by atoms with van der Waals surface area (Å²) >= 11 is 1.44. The summed E-state index contributed by atoms with van der Waals surface area (Å²) < 4.78 is 5.34. The summed E-state index contributed by atoms with van der Waals surface area (Å²) in [6, 6.07) is 7.65. The molecule has 0 aliphatic carbocycles. The number of carboxylic acids is 1. The number of ether oxygens (including phenoxy) is 1. The summed E-state index contributed by atoms with van der Waals surface area (Å²) in [5.41, 5.74) is 1.80. The van der Waals surface area contributed by atoms with Gasteiger partial charge in [0.05, 0.1) is 24.8 Å². The molecular weight excluding hydrogens is 274 g/mol. The summed E-state index contributed by atoms with van der Waals surface area (Å²) in [4.78, 5) is 16.4. The second-order valence-corrected chi connectivity index (χ2v) is 5.49. The van der Waals surface area contributed by atoms with E-state index in [1.54, 1.807) is 7.11 Å². The van der Waals surface area contributed by atoms with Crippen molar-refractivity contribution in [1.82, 2.24) is 4.98 Å². The van der Waals surface area contributed by atoms with Crippen LogP contribution in [0.4, 0.5) is 0 Å². The maximum absolute atomic E-state index is 10.9. The Balaban J connectivity index is 2.44. The van der Waals surface area contributed by atoms with E-state index in [0.29, 0.717) is 0 Å². The number of hydrogen-bond donors (Lipinski definition) is 1. The van der Waals surface area contributed by atoms with Crippen LogP contribution in [0.1, 0.15) is 23.9 Å². The zero-order valence-corrected chi connectivity index (χ0v) is 12.4. The third-order valence-corrected chi connectivity index (χ3v) is 4.05. The minimum atomic E-state index is -0.822. The lowest BCUT2D eigenvalue weighted by atomic mass is 10.2. The van der Waals surface area contributed by atoms with E-state index in [-0.39, 0.29) is 6.42 Å². The van der Waals surface area contributed by atoms with Crippen molar-refractivity contribution in [2.45, 2.75) is 26.2 Å². The first-order valence-corrected chi connectivity index (χ1v) is 7.31. The topological polar surface area (TPSA) is 59.4 Å². The molecule has 0 bridgehead atoms. The van der Waals surface area contributed by atoms with E-state index < -0.39 is 5.97 Å². The van der Waals surface area contributed by atoms with Crippen LogP contribution in [0.2, 0.25) is 0 Å². The number of carbonyl (C=O) groups is 1. The normalized spacial score (nSPS) is 10.5. The fraction of sp³-hybridized carbons (Fsp3) is 0.333. The van der Waals surface area contributed by atoms with Gasteiger partial charge >= 0.3 is 5.97 Å². The number of rotatable bonds is 6. The van der Waals surface area contributed by atoms with Gasteiger partial charge in [0.25, 0.3) is 0 Å². The second-order valence-electron chi connectivity index (χ2n) is 4.41. The van der Waals surface area contributed by atoms with Crippen LogP contribution in [0.15, 0.2) is 24.3 Å². The molecule has 20 heavy (non-hydrogen) atoms. The number of aryl methyl sites for hydroxylation is 1. The van der Waals surface area contributed by atoms with Crippen LogP contribution in [-0.4, -0.2) is 23.2 Å². The van der Waals surface area contributed by atoms with Crippen molar-refractivity contribution < 1.29 is 14.6 Å². The fourth-order valence-corrected chi connectivity index (χ4v) is 3.16. The van der Waals surface area contributed by atoms with Gasteiger partial charge in [-0.25, -0.2) is 4.98 Å². The van der Waals surface area contributed by atoms with Crippen LogP contribution in [0.25, 0.3) is 10.6 Å². The molecule has 0 atom stereocenters. The number of aliphatic carboxylic acids is 1. The number of thiazole rings is 1. The molecule has 0 amide bonds. The van der Waals surface area contributed by atoms with Crippen LogP contribution < -0.4 is 4.74 Å². The quantitative estimate of drug-likeness (QED) is 0.886. The lowest BCUT2D eigenvalue weighted by Gasteiger charge is -2.04. The van der Waals surface area contributed by atoms with Gasteiger partial charge < -0.3 is 9.84 Å². The number of para-hydroxylation sites is 1. The Bertz CT molecular complexity index is 607. The first kappa shape index (κ1) is 14.5. The van der Waals surface area contributed by atoms with Crippen molar-refractivity contribution in [3.63, 3.8) is 0 Å². The molecule has 0 aliphatic heterocycles. The van der Waals surface area contributed by atoms with Gasteiger partial charge in [0.2, 0.25) is 0 Å². The third kappa shape index (κ3) is 3.17. The monoisotopic (exact) mass is 291 g/mol. The number of carboxylic acid groups (broad SMARTS) is 1. The highest BCUT2D eigenvalue weighted by Gasteiger charge is 2.16. The minimum absolute atomic E-state index is 0.0299. The Labute approximate surface area is 122 Å². The standard InChI is InChI=1S/C15H17NO3S/c1-3-6-11-13(9-14(17)18)20-15(16-11)10-7-4-5-8-12(10)19-2/h4-5,7-8H,3,6,9H2,1-2H3,(H,17,18). The average molecular weight is 291 g/mol. The molecule has 1 heterocycles. The van der Waals surface area contributed by atoms with E-state index >= 15 is 0 Å². The summed E-state index contributed by atoms with van der Waals surface area (Å²) in [5.74, 6) is -0.0660. The van der Waals surface area contributed by atoms with Gasteiger partial charge in [0.15, 0.2) is 0 Å². The number of benzene rings is 1. The summed E-state index contributed by atoms with van der Waals surface area (Å²) in [6.45, 7) is 2.06. The van der Waals surface area contributed by atoms with E-state index in [1.807, 2.05) is 24.3 Å². The zero-order chi connectivity index (χ0) is 14.5. The molecule has 0 spiro atoms. The van der Waals surface area contributed by atoms with E-state index in [2.05, 4.69) is 11.9 Å². The van der Waals surface area contributed by atoms with E-state index in [4.69, 9.17) is 9.84 Å². The molecule has 1 N–H and O–H groups in total. The molecule has 1 aromatic carbocycles. The number of hydrogen-bond acceptors (Lipinski definition) is 4. The third-order valence-electron chi connectivity index (χ3n) is 2.91. The van der Waals surface area contributed by atoms with Gasteiger partial charge in [-0.3, -0.25) is 4.79 Å². The Morgan fingerprint density at radius 2 is 2.15 bits per heavy atom. The zero-order valence-electron chi connectivity index (χ0n) is 11.5. The predicted octanol–water partition coefficient (Wildman–Crippen LogP) is 3.40. The van der Waals surface area contributed by atoms with E-state index in [1.165, 1.54) is 11.3 Å². The first-order valence-electron chi connectivity index (χ1n) is 6.49. The molecule has 0 saturated heterocycles. The van der Waals surface area contributed by atoms with Crippen LogP contribution >= 0.6 is 11.3 Å². The van der Waals surface area contributed by atoms with Gasteiger partial charge in [0.1, 0.15) is 10.8 Å². The average Bonchev–Trinajstić information content (AvgIpc) is 2.81. The molecular formula is C15H17NO3S. The van der Waals surface area contributed by atoms with Crippen molar-refractivity contribution >= 4 is 17.3 Å². The lowest BCUT2D eigenvalue weighted by Crippen LogP contribution is -2.01. The van der Waals surface area contributed by atoms with Gasteiger partial charge in [-0.05, 0) is 18.6 Å². The molecule has 0 fully saturated rings. The van der Waals surface area contributed by atoms with Gasteiger partial charge in [-0.2, -0.15) is 0 Å². The van der Waals surface area contributed by atoms with Crippen molar-refractivity contribution in [1.29, 1.82) is 0 Å². The van der Waals surface area contributed by atoms with Crippen LogP contribution in [0.3, 0.4) is 0 Å². The Hall–Kier alpha value is -1.88.